The Hall–Kier alpha value is -1.70. The SMILES string of the molecule is CC(=O)NCCN(CCNC(C)=O)CCNC(=O)F. The topological polar surface area (TPSA) is 90.5 Å². The number of carbonyl (C=O) groups is 3. The minimum Gasteiger partial charge on any atom is -0.355 e. The summed E-state index contributed by atoms with van der Waals surface area (Å²) in [7, 11) is 0. The second-order valence-electron chi connectivity index (χ2n) is 4.01. The highest BCUT2D eigenvalue weighted by molar-refractivity contribution is 5.73. The van der Waals surface area contributed by atoms with Crippen molar-refractivity contribution in [2.24, 2.45) is 0 Å². The fraction of sp³-hybridized carbons (Fsp3) is 0.727. The van der Waals surface area contributed by atoms with E-state index in [2.05, 4.69) is 16.0 Å². The van der Waals surface area contributed by atoms with Crippen LogP contribution in [0.4, 0.5) is 9.18 Å². The van der Waals surface area contributed by atoms with Gasteiger partial charge in [-0.1, -0.05) is 0 Å². The Kier molecular flexibility index (Phi) is 9.33. The predicted molar refractivity (Wildman–Crippen MR) is 68.3 cm³/mol. The summed E-state index contributed by atoms with van der Waals surface area (Å²) in [6, 6.07) is 0. The van der Waals surface area contributed by atoms with Crippen LogP contribution in [0.1, 0.15) is 13.8 Å². The van der Waals surface area contributed by atoms with Gasteiger partial charge in [0.1, 0.15) is 0 Å². The molecule has 0 unspecified atom stereocenters. The fourth-order valence-corrected chi connectivity index (χ4v) is 1.43. The highest BCUT2D eigenvalue weighted by Crippen LogP contribution is 1.86. The van der Waals surface area contributed by atoms with Crippen molar-refractivity contribution in [2.45, 2.75) is 13.8 Å². The first-order valence-electron chi connectivity index (χ1n) is 6.06. The average Bonchev–Trinajstić information content (AvgIpc) is 2.26. The summed E-state index contributed by atoms with van der Waals surface area (Å²) < 4.78 is 12.0. The summed E-state index contributed by atoms with van der Waals surface area (Å²) in [5.41, 5.74) is 0. The van der Waals surface area contributed by atoms with E-state index < -0.39 is 6.16 Å². The Morgan fingerprint density at radius 1 is 0.842 bits per heavy atom. The zero-order valence-electron chi connectivity index (χ0n) is 11.3. The molecule has 3 N–H and O–H groups in total. The second-order valence-corrected chi connectivity index (χ2v) is 4.01. The van der Waals surface area contributed by atoms with Crippen LogP contribution in [0.3, 0.4) is 0 Å². The highest BCUT2D eigenvalue weighted by atomic mass is 19.1. The lowest BCUT2D eigenvalue weighted by molar-refractivity contribution is -0.119. The average molecular weight is 276 g/mol. The fourth-order valence-electron chi connectivity index (χ4n) is 1.43. The third kappa shape index (κ3) is 12.5. The van der Waals surface area contributed by atoms with Crippen LogP contribution >= 0.6 is 0 Å². The molecule has 0 aromatic rings. The van der Waals surface area contributed by atoms with E-state index in [1.54, 1.807) is 0 Å². The molecule has 0 aliphatic carbocycles. The highest BCUT2D eigenvalue weighted by Gasteiger charge is 2.06. The molecule has 110 valence electrons. The molecule has 7 nitrogen and oxygen atoms in total. The number of hydrogen-bond donors (Lipinski definition) is 3. The first-order valence-corrected chi connectivity index (χ1v) is 6.06. The van der Waals surface area contributed by atoms with Crippen molar-refractivity contribution in [1.29, 1.82) is 0 Å². The number of carbonyl (C=O) groups excluding carboxylic acids is 3. The van der Waals surface area contributed by atoms with Crippen LogP contribution in [0.15, 0.2) is 0 Å². The largest absolute Gasteiger partial charge is 0.397 e. The molecule has 0 heterocycles. The molecule has 19 heavy (non-hydrogen) atoms. The normalized spacial score (nSPS) is 10.1. The first kappa shape index (κ1) is 17.3. The molecule has 0 fully saturated rings. The Morgan fingerprint density at radius 3 is 1.53 bits per heavy atom. The zero-order chi connectivity index (χ0) is 14.7. The molecule has 0 aliphatic heterocycles. The van der Waals surface area contributed by atoms with Crippen molar-refractivity contribution in [3.63, 3.8) is 0 Å². The molecular formula is C11H21FN4O3. The first-order chi connectivity index (χ1) is 8.91. The molecule has 0 aromatic heterocycles. The maximum absolute atomic E-state index is 12.0. The van der Waals surface area contributed by atoms with E-state index in [0.717, 1.165) is 0 Å². The number of nitrogens with one attached hydrogen (secondary N) is 3. The molecule has 0 saturated heterocycles. The van der Waals surface area contributed by atoms with Gasteiger partial charge in [-0.05, 0) is 0 Å². The summed E-state index contributed by atoms with van der Waals surface area (Å²) in [5, 5.41) is 7.34. The molecule has 0 aliphatic rings. The van der Waals surface area contributed by atoms with Crippen LogP contribution in [0, 0.1) is 0 Å². The molecule has 0 rings (SSSR count). The van der Waals surface area contributed by atoms with Crippen LogP contribution in [-0.2, 0) is 9.59 Å². The molecule has 0 radical (unpaired) electrons. The standard InChI is InChI=1S/C11H21FN4O3/c1-9(17)13-3-6-16(7-4-14-10(2)18)8-5-15-11(12)19/h3-8H2,1-2H3,(H,13,17)(H,14,18)(H,15,19). The summed E-state index contributed by atoms with van der Waals surface area (Å²) in [6.45, 7) is 5.49. The minimum absolute atomic E-state index is 0.126. The maximum Gasteiger partial charge on any atom is 0.397 e. The Balaban J connectivity index is 3.94. The van der Waals surface area contributed by atoms with E-state index in [4.69, 9.17) is 0 Å². The second kappa shape index (κ2) is 10.2. The zero-order valence-corrected chi connectivity index (χ0v) is 11.3. The molecule has 3 amide bonds. The van der Waals surface area contributed by atoms with Gasteiger partial charge in [-0.2, -0.15) is 0 Å². The summed E-state index contributed by atoms with van der Waals surface area (Å²) in [5.74, 6) is -0.252. The number of halogens is 1. The molecular weight excluding hydrogens is 255 g/mol. The van der Waals surface area contributed by atoms with E-state index in [1.165, 1.54) is 13.8 Å². The molecule has 0 saturated carbocycles. The van der Waals surface area contributed by atoms with Crippen LogP contribution < -0.4 is 16.0 Å². The van der Waals surface area contributed by atoms with Gasteiger partial charge in [0.2, 0.25) is 11.8 Å². The molecule has 8 heteroatoms. The van der Waals surface area contributed by atoms with Crippen LogP contribution in [0.25, 0.3) is 0 Å². The lowest BCUT2D eigenvalue weighted by Crippen LogP contribution is -2.42. The quantitative estimate of drug-likeness (QED) is 0.381. The number of amides is 3. The van der Waals surface area contributed by atoms with E-state index >= 15 is 0 Å². The lowest BCUT2D eigenvalue weighted by Gasteiger charge is -2.22. The van der Waals surface area contributed by atoms with Crippen molar-refractivity contribution < 1.29 is 18.8 Å². The van der Waals surface area contributed by atoms with Crippen LogP contribution in [0.2, 0.25) is 0 Å². The van der Waals surface area contributed by atoms with Gasteiger partial charge < -0.3 is 16.0 Å². The van der Waals surface area contributed by atoms with Gasteiger partial charge in [0.25, 0.3) is 0 Å². The van der Waals surface area contributed by atoms with E-state index in [-0.39, 0.29) is 18.4 Å². The van der Waals surface area contributed by atoms with Crippen molar-refractivity contribution >= 4 is 18.0 Å². The van der Waals surface area contributed by atoms with Gasteiger partial charge in [-0.3, -0.25) is 14.5 Å². The molecule has 0 aromatic carbocycles. The summed E-state index contributed by atoms with van der Waals surface area (Å²) >= 11 is 0. The predicted octanol–water partition coefficient (Wildman–Crippen LogP) is -0.760. The Bertz CT molecular complexity index is 265. The van der Waals surface area contributed by atoms with Gasteiger partial charge in [-0.15, -0.1) is 4.39 Å². The van der Waals surface area contributed by atoms with Crippen molar-refractivity contribution in [2.75, 3.05) is 39.3 Å². The maximum atomic E-state index is 12.0. The third-order valence-electron chi connectivity index (χ3n) is 2.30. The van der Waals surface area contributed by atoms with Gasteiger partial charge in [0.15, 0.2) is 0 Å². The van der Waals surface area contributed by atoms with Gasteiger partial charge in [-0.25, -0.2) is 4.79 Å². The van der Waals surface area contributed by atoms with E-state index in [9.17, 15) is 18.8 Å². The van der Waals surface area contributed by atoms with Crippen molar-refractivity contribution in [1.82, 2.24) is 20.9 Å². The molecule has 0 atom stereocenters. The van der Waals surface area contributed by atoms with Crippen molar-refractivity contribution in [3.8, 4) is 0 Å². The van der Waals surface area contributed by atoms with E-state index in [0.29, 0.717) is 32.7 Å². The molecule has 0 bridgehead atoms. The Labute approximate surface area is 111 Å². The smallest absolute Gasteiger partial charge is 0.355 e. The third-order valence-corrected chi connectivity index (χ3v) is 2.30. The lowest BCUT2D eigenvalue weighted by atomic mass is 10.4. The van der Waals surface area contributed by atoms with Gasteiger partial charge in [0.05, 0.1) is 0 Å². The van der Waals surface area contributed by atoms with Crippen LogP contribution in [-0.4, -0.2) is 62.1 Å². The number of rotatable bonds is 9. The van der Waals surface area contributed by atoms with Gasteiger partial charge in [0, 0.05) is 53.1 Å². The Morgan fingerprint density at radius 2 is 1.21 bits per heavy atom. The summed E-state index contributed by atoms with van der Waals surface area (Å²) in [6.07, 6.45) is -1.57. The van der Waals surface area contributed by atoms with Crippen molar-refractivity contribution in [3.05, 3.63) is 0 Å². The number of hydrogen-bond acceptors (Lipinski definition) is 4. The summed E-state index contributed by atoms with van der Waals surface area (Å²) in [4.78, 5) is 33.5. The minimum atomic E-state index is -1.57. The van der Waals surface area contributed by atoms with Gasteiger partial charge >= 0.3 is 6.16 Å². The molecule has 0 spiro atoms. The van der Waals surface area contributed by atoms with E-state index in [1.807, 2.05) is 4.90 Å². The number of nitrogens with zero attached hydrogens (tertiary/aromatic N) is 1. The monoisotopic (exact) mass is 276 g/mol. The van der Waals surface area contributed by atoms with Crippen LogP contribution in [0.5, 0.6) is 0 Å².